The lowest BCUT2D eigenvalue weighted by atomic mass is 10.2. The SMILES string of the molecule is CCN(Cc1ccccc1)CC1CO1. The smallest absolute Gasteiger partial charge is 0.0936 e. The number of hydrogen-bond acceptors (Lipinski definition) is 2. The van der Waals surface area contributed by atoms with Crippen molar-refractivity contribution in [2.75, 3.05) is 19.7 Å². The molecule has 1 saturated heterocycles. The van der Waals surface area contributed by atoms with E-state index in [4.69, 9.17) is 4.74 Å². The zero-order valence-corrected chi connectivity index (χ0v) is 8.65. The van der Waals surface area contributed by atoms with Crippen molar-refractivity contribution in [3.05, 3.63) is 35.9 Å². The fourth-order valence-electron chi connectivity index (χ4n) is 1.61. The van der Waals surface area contributed by atoms with E-state index in [9.17, 15) is 0 Å². The molecule has 1 aliphatic heterocycles. The summed E-state index contributed by atoms with van der Waals surface area (Å²) in [7, 11) is 0. The minimum absolute atomic E-state index is 0.499. The van der Waals surface area contributed by atoms with Crippen LogP contribution in [0.1, 0.15) is 12.5 Å². The second-order valence-electron chi connectivity index (χ2n) is 3.77. The van der Waals surface area contributed by atoms with E-state index in [1.165, 1.54) is 5.56 Å². The summed E-state index contributed by atoms with van der Waals surface area (Å²) in [6.45, 7) is 6.36. The number of rotatable bonds is 5. The monoisotopic (exact) mass is 191 g/mol. The first kappa shape index (κ1) is 9.69. The van der Waals surface area contributed by atoms with Crippen LogP contribution in [-0.2, 0) is 11.3 Å². The Labute approximate surface area is 85.5 Å². The Morgan fingerprint density at radius 3 is 2.64 bits per heavy atom. The summed E-state index contributed by atoms with van der Waals surface area (Å²) in [5, 5.41) is 0. The molecular weight excluding hydrogens is 174 g/mol. The molecule has 1 unspecified atom stereocenters. The highest BCUT2D eigenvalue weighted by molar-refractivity contribution is 5.14. The van der Waals surface area contributed by atoms with Gasteiger partial charge in [-0.05, 0) is 12.1 Å². The minimum atomic E-state index is 0.499. The number of likely N-dealkylation sites (N-methyl/N-ethyl adjacent to an activating group) is 1. The van der Waals surface area contributed by atoms with Crippen molar-refractivity contribution in [3.8, 4) is 0 Å². The molecule has 0 N–H and O–H groups in total. The van der Waals surface area contributed by atoms with Crippen LogP contribution in [0.2, 0.25) is 0 Å². The molecule has 2 rings (SSSR count). The van der Waals surface area contributed by atoms with Crippen molar-refractivity contribution in [1.29, 1.82) is 0 Å². The van der Waals surface area contributed by atoms with E-state index in [0.717, 1.165) is 26.2 Å². The summed E-state index contributed by atoms with van der Waals surface area (Å²) >= 11 is 0. The molecule has 0 aromatic heterocycles. The molecule has 2 heteroatoms. The van der Waals surface area contributed by atoms with Crippen molar-refractivity contribution < 1.29 is 4.74 Å². The van der Waals surface area contributed by atoms with Gasteiger partial charge in [-0.3, -0.25) is 4.90 Å². The third-order valence-electron chi connectivity index (χ3n) is 2.56. The van der Waals surface area contributed by atoms with Crippen LogP contribution < -0.4 is 0 Å². The maximum absolute atomic E-state index is 5.24. The third-order valence-corrected chi connectivity index (χ3v) is 2.56. The first-order chi connectivity index (χ1) is 6.88. The highest BCUT2D eigenvalue weighted by Crippen LogP contribution is 2.12. The molecule has 1 atom stereocenters. The van der Waals surface area contributed by atoms with Crippen LogP contribution in [0.25, 0.3) is 0 Å². The minimum Gasteiger partial charge on any atom is -0.372 e. The summed E-state index contributed by atoms with van der Waals surface area (Å²) in [4.78, 5) is 2.42. The highest BCUT2D eigenvalue weighted by Gasteiger charge is 2.24. The maximum Gasteiger partial charge on any atom is 0.0936 e. The first-order valence-corrected chi connectivity index (χ1v) is 5.26. The number of ether oxygens (including phenoxy) is 1. The molecule has 76 valence electrons. The van der Waals surface area contributed by atoms with Crippen LogP contribution >= 0.6 is 0 Å². The summed E-state index contributed by atoms with van der Waals surface area (Å²) < 4.78 is 5.24. The Kier molecular flexibility index (Phi) is 3.17. The van der Waals surface area contributed by atoms with Crippen LogP contribution in [0.15, 0.2) is 30.3 Å². The molecule has 1 aliphatic rings. The van der Waals surface area contributed by atoms with E-state index in [2.05, 4.69) is 42.2 Å². The van der Waals surface area contributed by atoms with Gasteiger partial charge in [-0.1, -0.05) is 37.3 Å². The van der Waals surface area contributed by atoms with Gasteiger partial charge in [0.25, 0.3) is 0 Å². The zero-order chi connectivity index (χ0) is 9.80. The standard InChI is InChI=1S/C12H17NO/c1-2-13(9-12-10-14-12)8-11-6-4-3-5-7-11/h3-7,12H,2,8-10H2,1H3. The fourth-order valence-corrected chi connectivity index (χ4v) is 1.61. The van der Waals surface area contributed by atoms with E-state index < -0.39 is 0 Å². The van der Waals surface area contributed by atoms with Crippen molar-refractivity contribution in [1.82, 2.24) is 4.90 Å². The average molecular weight is 191 g/mol. The number of nitrogens with zero attached hydrogens (tertiary/aromatic N) is 1. The van der Waals surface area contributed by atoms with E-state index in [1.807, 2.05) is 0 Å². The molecule has 0 amide bonds. The Balaban J connectivity index is 1.87. The number of benzene rings is 1. The van der Waals surface area contributed by atoms with Crippen molar-refractivity contribution in [2.24, 2.45) is 0 Å². The van der Waals surface area contributed by atoms with Gasteiger partial charge in [0.1, 0.15) is 0 Å². The molecule has 0 saturated carbocycles. The van der Waals surface area contributed by atoms with Gasteiger partial charge in [0.05, 0.1) is 12.7 Å². The Morgan fingerprint density at radius 2 is 2.07 bits per heavy atom. The van der Waals surface area contributed by atoms with Gasteiger partial charge < -0.3 is 4.74 Å². The highest BCUT2D eigenvalue weighted by atomic mass is 16.6. The predicted octanol–water partition coefficient (Wildman–Crippen LogP) is 1.91. The lowest BCUT2D eigenvalue weighted by Crippen LogP contribution is -2.27. The molecule has 1 aromatic rings. The molecule has 14 heavy (non-hydrogen) atoms. The molecule has 1 fully saturated rings. The Morgan fingerprint density at radius 1 is 1.36 bits per heavy atom. The topological polar surface area (TPSA) is 15.8 Å². The molecule has 0 bridgehead atoms. The van der Waals surface area contributed by atoms with Crippen LogP contribution in [-0.4, -0.2) is 30.7 Å². The van der Waals surface area contributed by atoms with E-state index in [-0.39, 0.29) is 0 Å². The van der Waals surface area contributed by atoms with Crippen LogP contribution in [0.5, 0.6) is 0 Å². The van der Waals surface area contributed by atoms with E-state index in [1.54, 1.807) is 0 Å². The largest absolute Gasteiger partial charge is 0.372 e. The zero-order valence-electron chi connectivity index (χ0n) is 8.65. The summed E-state index contributed by atoms with van der Waals surface area (Å²) in [6, 6.07) is 10.6. The van der Waals surface area contributed by atoms with Gasteiger partial charge in [-0.2, -0.15) is 0 Å². The number of epoxide rings is 1. The van der Waals surface area contributed by atoms with Gasteiger partial charge in [-0.15, -0.1) is 0 Å². The van der Waals surface area contributed by atoms with Gasteiger partial charge in [0, 0.05) is 13.1 Å². The van der Waals surface area contributed by atoms with Crippen molar-refractivity contribution in [3.63, 3.8) is 0 Å². The molecule has 2 nitrogen and oxygen atoms in total. The second kappa shape index (κ2) is 4.58. The third kappa shape index (κ3) is 2.82. The Bertz CT molecular complexity index is 269. The molecule has 1 heterocycles. The molecule has 0 aliphatic carbocycles. The van der Waals surface area contributed by atoms with Gasteiger partial charge in [0.15, 0.2) is 0 Å². The normalized spacial score (nSPS) is 20.0. The summed E-state index contributed by atoms with van der Waals surface area (Å²) in [6.07, 6.45) is 0.499. The van der Waals surface area contributed by atoms with Gasteiger partial charge >= 0.3 is 0 Å². The lowest BCUT2D eigenvalue weighted by Gasteiger charge is -2.19. The quantitative estimate of drug-likeness (QED) is 0.661. The first-order valence-electron chi connectivity index (χ1n) is 5.26. The lowest BCUT2D eigenvalue weighted by molar-refractivity contribution is 0.245. The summed E-state index contributed by atoms with van der Waals surface area (Å²) in [5.41, 5.74) is 1.38. The van der Waals surface area contributed by atoms with Crippen LogP contribution in [0.4, 0.5) is 0 Å². The average Bonchev–Trinajstić information content (AvgIpc) is 3.02. The molecule has 0 radical (unpaired) electrons. The molecular formula is C12H17NO. The molecule has 1 aromatic carbocycles. The fraction of sp³-hybridized carbons (Fsp3) is 0.500. The number of hydrogen-bond donors (Lipinski definition) is 0. The maximum atomic E-state index is 5.24. The second-order valence-corrected chi connectivity index (χ2v) is 3.77. The van der Waals surface area contributed by atoms with Gasteiger partial charge in [-0.25, -0.2) is 0 Å². The summed E-state index contributed by atoms with van der Waals surface area (Å²) in [5.74, 6) is 0. The van der Waals surface area contributed by atoms with E-state index >= 15 is 0 Å². The van der Waals surface area contributed by atoms with E-state index in [0.29, 0.717) is 6.10 Å². The van der Waals surface area contributed by atoms with Gasteiger partial charge in [0.2, 0.25) is 0 Å². The Hall–Kier alpha value is -0.860. The predicted molar refractivity (Wildman–Crippen MR) is 57.1 cm³/mol. The van der Waals surface area contributed by atoms with Crippen molar-refractivity contribution in [2.45, 2.75) is 19.6 Å². The van der Waals surface area contributed by atoms with Crippen LogP contribution in [0, 0.1) is 0 Å². The van der Waals surface area contributed by atoms with Crippen LogP contribution in [0.3, 0.4) is 0 Å². The molecule has 0 spiro atoms. The van der Waals surface area contributed by atoms with Crippen molar-refractivity contribution >= 4 is 0 Å².